The van der Waals surface area contributed by atoms with Crippen molar-refractivity contribution >= 4 is 34.6 Å². The normalized spacial score (nSPS) is 12.0. The van der Waals surface area contributed by atoms with Gasteiger partial charge in [0.25, 0.3) is 0 Å². The maximum absolute atomic E-state index is 6.05. The van der Waals surface area contributed by atoms with Gasteiger partial charge in [-0.25, -0.2) is 0 Å². The fraction of sp³-hybridized carbons (Fsp3) is 0.462. The molecule has 1 rings (SSSR count). The van der Waals surface area contributed by atoms with E-state index in [1.807, 2.05) is 25.1 Å². The van der Waals surface area contributed by atoms with Crippen molar-refractivity contribution < 1.29 is 0 Å². The molecule has 0 aliphatic rings. The van der Waals surface area contributed by atoms with Gasteiger partial charge in [-0.2, -0.15) is 0 Å². The van der Waals surface area contributed by atoms with E-state index in [9.17, 15) is 0 Å². The summed E-state index contributed by atoms with van der Waals surface area (Å²) in [5.74, 6) is 0. The molecular formula is C13H19ClN2S. The Labute approximate surface area is 114 Å². The van der Waals surface area contributed by atoms with Crippen molar-refractivity contribution in [2.45, 2.75) is 39.7 Å². The minimum atomic E-state index is 0.388. The van der Waals surface area contributed by atoms with Crippen molar-refractivity contribution in [3.05, 3.63) is 28.8 Å². The Kier molecular flexibility index (Phi) is 5.72. The molecule has 0 amide bonds. The minimum absolute atomic E-state index is 0.388. The molecule has 0 saturated heterocycles. The summed E-state index contributed by atoms with van der Waals surface area (Å²) in [5.41, 5.74) is 1.97. The second-order valence-electron chi connectivity index (χ2n) is 4.20. The summed E-state index contributed by atoms with van der Waals surface area (Å²) >= 11 is 11.3. The third-order valence-corrected chi connectivity index (χ3v) is 3.24. The van der Waals surface area contributed by atoms with E-state index in [0.29, 0.717) is 11.2 Å². The van der Waals surface area contributed by atoms with Crippen molar-refractivity contribution in [2.24, 2.45) is 0 Å². The maximum Gasteiger partial charge on any atom is 0.170 e. The molecule has 1 aromatic rings. The van der Waals surface area contributed by atoms with Crippen LogP contribution in [0.25, 0.3) is 0 Å². The van der Waals surface area contributed by atoms with E-state index in [1.54, 1.807) is 0 Å². The number of nitrogens with one attached hydrogen (secondary N) is 2. The highest BCUT2D eigenvalue weighted by molar-refractivity contribution is 7.80. The van der Waals surface area contributed by atoms with Crippen LogP contribution >= 0.6 is 23.8 Å². The van der Waals surface area contributed by atoms with Gasteiger partial charge >= 0.3 is 0 Å². The molecule has 0 fully saturated rings. The van der Waals surface area contributed by atoms with Crippen molar-refractivity contribution in [3.63, 3.8) is 0 Å². The molecule has 0 aliphatic heterocycles. The number of hydrogen-bond acceptors (Lipinski definition) is 1. The standard InChI is InChI=1S/C13H19ClN2S/c1-4-6-9(2)15-13(17)16-12-8-5-7-11(14)10(12)3/h5,7-9H,4,6H2,1-3H3,(H2,15,16,17)/t9-/m0/s1. The fourth-order valence-electron chi connectivity index (χ4n) is 1.63. The summed E-state index contributed by atoms with van der Waals surface area (Å²) in [7, 11) is 0. The first-order valence-electron chi connectivity index (χ1n) is 5.87. The third kappa shape index (κ3) is 4.52. The van der Waals surface area contributed by atoms with Gasteiger partial charge < -0.3 is 10.6 Å². The highest BCUT2D eigenvalue weighted by Gasteiger charge is 2.06. The molecule has 17 heavy (non-hydrogen) atoms. The van der Waals surface area contributed by atoms with Gasteiger partial charge in [-0.3, -0.25) is 0 Å². The van der Waals surface area contributed by atoms with Crippen molar-refractivity contribution in [2.75, 3.05) is 5.32 Å². The molecule has 0 aromatic heterocycles. The lowest BCUT2D eigenvalue weighted by Crippen LogP contribution is -2.35. The lowest BCUT2D eigenvalue weighted by atomic mass is 10.2. The van der Waals surface area contributed by atoms with Crippen LogP contribution in [-0.4, -0.2) is 11.2 Å². The minimum Gasteiger partial charge on any atom is -0.360 e. The largest absolute Gasteiger partial charge is 0.360 e. The van der Waals surface area contributed by atoms with Crippen LogP contribution in [0, 0.1) is 6.92 Å². The van der Waals surface area contributed by atoms with E-state index in [1.165, 1.54) is 0 Å². The van der Waals surface area contributed by atoms with E-state index < -0.39 is 0 Å². The Morgan fingerprint density at radius 2 is 2.18 bits per heavy atom. The zero-order valence-electron chi connectivity index (χ0n) is 10.5. The Hall–Kier alpha value is -0.800. The summed E-state index contributed by atoms with van der Waals surface area (Å²) in [6.45, 7) is 6.26. The first-order chi connectivity index (χ1) is 8.04. The van der Waals surface area contributed by atoms with Crippen LogP contribution in [0.5, 0.6) is 0 Å². The molecule has 0 spiro atoms. The number of halogens is 1. The van der Waals surface area contributed by atoms with Crippen LogP contribution in [0.3, 0.4) is 0 Å². The average molecular weight is 271 g/mol. The third-order valence-electron chi connectivity index (χ3n) is 2.62. The predicted molar refractivity (Wildman–Crippen MR) is 79.9 cm³/mol. The average Bonchev–Trinajstić information content (AvgIpc) is 2.25. The van der Waals surface area contributed by atoms with Gasteiger partial charge in [-0.1, -0.05) is 31.0 Å². The van der Waals surface area contributed by atoms with E-state index in [2.05, 4.69) is 24.5 Å². The van der Waals surface area contributed by atoms with Crippen LogP contribution < -0.4 is 10.6 Å². The predicted octanol–water partition coefficient (Wildman–Crippen LogP) is 4.12. The summed E-state index contributed by atoms with van der Waals surface area (Å²) in [4.78, 5) is 0. The summed E-state index contributed by atoms with van der Waals surface area (Å²) in [5, 5.41) is 7.83. The van der Waals surface area contributed by atoms with Gasteiger partial charge in [0.1, 0.15) is 0 Å². The van der Waals surface area contributed by atoms with Crippen LogP contribution in [0.2, 0.25) is 5.02 Å². The van der Waals surface area contributed by atoms with Gasteiger partial charge in [0.15, 0.2) is 5.11 Å². The number of hydrogen-bond donors (Lipinski definition) is 2. The first kappa shape index (κ1) is 14.3. The molecule has 0 bridgehead atoms. The van der Waals surface area contributed by atoms with Crippen LogP contribution in [0.1, 0.15) is 32.3 Å². The van der Waals surface area contributed by atoms with E-state index in [4.69, 9.17) is 23.8 Å². The molecule has 0 unspecified atom stereocenters. The molecule has 0 radical (unpaired) electrons. The number of rotatable bonds is 4. The van der Waals surface area contributed by atoms with Gasteiger partial charge in [0.2, 0.25) is 0 Å². The molecule has 2 N–H and O–H groups in total. The fourth-order valence-corrected chi connectivity index (χ4v) is 2.12. The number of benzene rings is 1. The summed E-state index contributed by atoms with van der Waals surface area (Å²) in [6, 6.07) is 6.15. The molecule has 0 aliphatic carbocycles. The molecule has 94 valence electrons. The van der Waals surface area contributed by atoms with Crippen molar-refractivity contribution in [3.8, 4) is 0 Å². The highest BCUT2D eigenvalue weighted by Crippen LogP contribution is 2.22. The number of thiocarbonyl (C=S) groups is 1. The van der Waals surface area contributed by atoms with Gasteiger partial charge in [-0.15, -0.1) is 0 Å². The van der Waals surface area contributed by atoms with E-state index >= 15 is 0 Å². The monoisotopic (exact) mass is 270 g/mol. The highest BCUT2D eigenvalue weighted by atomic mass is 35.5. The van der Waals surface area contributed by atoms with Gasteiger partial charge in [0.05, 0.1) is 0 Å². The second kappa shape index (κ2) is 6.82. The zero-order chi connectivity index (χ0) is 12.8. The lowest BCUT2D eigenvalue weighted by molar-refractivity contribution is 0.599. The lowest BCUT2D eigenvalue weighted by Gasteiger charge is -2.17. The van der Waals surface area contributed by atoms with Crippen LogP contribution in [0.15, 0.2) is 18.2 Å². The molecule has 1 aromatic carbocycles. The molecule has 0 heterocycles. The van der Waals surface area contributed by atoms with Crippen LogP contribution in [0.4, 0.5) is 5.69 Å². The Bertz CT molecular complexity index is 393. The molecule has 0 saturated carbocycles. The Morgan fingerprint density at radius 1 is 1.47 bits per heavy atom. The van der Waals surface area contributed by atoms with Crippen molar-refractivity contribution in [1.82, 2.24) is 5.32 Å². The Morgan fingerprint density at radius 3 is 2.82 bits per heavy atom. The summed E-state index contributed by atoms with van der Waals surface area (Å²) < 4.78 is 0. The van der Waals surface area contributed by atoms with E-state index in [-0.39, 0.29) is 0 Å². The Balaban J connectivity index is 2.59. The van der Waals surface area contributed by atoms with Crippen molar-refractivity contribution in [1.29, 1.82) is 0 Å². The SMILES string of the molecule is CCC[C@H](C)NC(=S)Nc1cccc(Cl)c1C. The van der Waals surface area contributed by atoms with E-state index in [0.717, 1.165) is 29.1 Å². The number of anilines is 1. The summed E-state index contributed by atoms with van der Waals surface area (Å²) in [6.07, 6.45) is 2.25. The van der Waals surface area contributed by atoms with Gasteiger partial charge in [0, 0.05) is 16.8 Å². The first-order valence-corrected chi connectivity index (χ1v) is 6.65. The maximum atomic E-state index is 6.05. The second-order valence-corrected chi connectivity index (χ2v) is 5.02. The quantitative estimate of drug-likeness (QED) is 0.805. The molecular weight excluding hydrogens is 252 g/mol. The van der Waals surface area contributed by atoms with Gasteiger partial charge in [-0.05, 0) is 50.2 Å². The topological polar surface area (TPSA) is 24.1 Å². The van der Waals surface area contributed by atoms with Crippen LogP contribution in [-0.2, 0) is 0 Å². The smallest absolute Gasteiger partial charge is 0.170 e. The molecule has 4 heteroatoms. The molecule has 1 atom stereocenters. The molecule has 2 nitrogen and oxygen atoms in total. The zero-order valence-corrected chi connectivity index (χ0v) is 12.1.